The third-order valence-electron chi connectivity index (χ3n) is 3.01. The van der Waals surface area contributed by atoms with Gasteiger partial charge in [-0.2, -0.15) is 4.31 Å². The molecule has 1 amide bonds. The summed E-state index contributed by atoms with van der Waals surface area (Å²) in [5, 5.41) is 14.9. The molecule has 2 rings (SSSR count). The number of carbonyl (C=O) groups excluding carboxylic acids is 1. The minimum absolute atomic E-state index is 0.0306. The fraction of sp³-hybridized carbons (Fsp3) is 0.545. The molecule has 1 unspecified atom stereocenters. The van der Waals surface area contributed by atoms with Crippen molar-refractivity contribution in [1.82, 2.24) is 14.8 Å². The van der Waals surface area contributed by atoms with E-state index in [1.807, 2.05) is 0 Å². The van der Waals surface area contributed by atoms with E-state index in [0.717, 1.165) is 4.31 Å². The normalized spacial score (nSPS) is 20.2. The summed E-state index contributed by atoms with van der Waals surface area (Å²) in [7, 11) is -3.86. The number of sulfonamides is 1. The van der Waals surface area contributed by atoms with Crippen molar-refractivity contribution >= 4 is 21.9 Å². The number of hydrogen-bond donors (Lipinski definition) is 2. The Morgan fingerprint density at radius 1 is 1.62 bits per heavy atom. The highest BCUT2D eigenvalue weighted by atomic mass is 32.2. The average molecular weight is 317 g/mol. The SMILES string of the molecule is Cc1cc(CS(=O)(=O)N2CCNC(=O)C2CC(=O)O)no1. The molecule has 10 heteroatoms. The van der Waals surface area contributed by atoms with Gasteiger partial charge in [0.1, 0.15) is 23.2 Å². The van der Waals surface area contributed by atoms with E-state index in [1.165, 1.54) is 6.07 Å². The number of carbonyl (C=O) groups is 2. The van der Waals surface area contributed by atoms with Gasteiger partial charge in [-0.05, 0) is 6.92 Å². The fourth-order valence-corrected chi connectivity index (χ4v) is 3.75. The summed E-state index contributed by atoms with van der Waals surface area (Å²) in [5.74, 6) is -1.81. The first kappa shape index (κ1) is 15.4. The van der Waals surface area contributed by atoms with Crippen LogP contribution >= 0.6 is 0 Å². The molecule has 9 nitrogen and oxygen atoms in total. The maximum absolute atomic E-state index is 12.4. The Morgan fingerprint density at radius 3 is 2.90 bits per heavy atom. The molecule has 0 aliphatic carbocycles. The van der Waals surface area contributed by atoms with Gasteiger partial charge >= 0.3 is 5.97 Å². The summed E-state index contributed by atoms with van der Waals surface area (Å²) in [6.45, 7) is 1.81. The molecular weight excluding hydrogens is 302 g/mol. The van der Waals surface area contributed by atoms with Crippen LogP contribution in [0.15, 0.2) is 10.6 Å². The summed E-state index contributed by atoms with van der Waals surface area (Å²) in [6.07, 6.45) is -0.580. The van der Waals surface area contributed by atoms with Gasteiger partial charge in [-0.15, -0.1) is 0 Å². The van der Waals surface area contributed by atoms with Crippen LogP contribution in [0.2, 0.25) is 0 Å². The minimum Gasteiger partial charge on any atom is -0.481 e. The first-order chi connectivity index (χ1) is 9.79. The number of aromatic nitrogens is 1. The number of aliphatic carboxylic acids is 1. The van der Waals surface area contributed by atoms with Crippen LogP contribution < -0.4 is 5.32 Å². The molecule has 1 atom stereocenters. The molecule has 0 saturated carbocycles. The zero-order chi connectivity index (χ0) is 15.6. The van der Waals surface area contributed by atoms with E-state index in [9.17, 15) is 18.0 Å². The van der Waals surface area contributed by atoms with Crippen molar-refractivity contribution in [3.63, 3.8) is 0 Å². The van der Waals surface area contributed by atoms with E-state index in [1.54, 1.807) is 6.92 Å². The molecule has 1 saturated heterocycles. The van der Waals surface area contributed by atoms with Gasteiger partial charge in [0, 0.05) is 19.2 Å². The largest absolute Gasteiger partial charge is 0.481 e. The standard InChI is InChI=1S/C11H15N3O6S/c1-7-4-8(13-20-7)6-21(18,19)14-3-2-12-11(17)9(14)5-10(15)16/h4,9H,2-3,5-6H2,1H3,(H,12,17)(H,15,16). The number of nitrogens with zero attached hydrogens (tertiary/aromatic N) is 2. The lowest BCUT2D eigenvalue weighted by molar-refractivity contribution is -0.141. The van der Waals surface area contributed by atoms with Crippen LogP contribution in [0.4, 0.5) is 0 Å². The molecule has 0 radical (unpaired) electrons. The van der Waals surface area contributed by atoms with E-state index in [4.69, 9.17) is 9.63 Å². The number of rotatable bonds is 5. The summed E-state index contributed by atoms with van der Waals surface area (Å²) in [5.41, 5.74) is 0.215. The van der Waals surface area contributed by atoms with Crippen molar-refractivity contribution in [2.24, 2.45) is 0 Å². The number of hydrogen-bond acceptors (Lipinski definition) is 6. The second kappa shape index (κ2) is 5.82. The molecule has 21 heavy (non-hydrogen) atoms. The molecule has 1 fully saturated rings. The van der Waals surface area contributed by atoms with Crippen molar-refractivity contribution < 1.29 is 27.6 Å². The molecule has 1 aromatic rings. The highest BCUT2D eigenvalue weighted by Gasteiger charge is 2.39. The molecule has 1 aliphatic heterocycles. The van der Waals surface area contributed by atoms with Gasteiger partial charge in [0.15, 0.2) is 0 Å². The Kier molecular flexibility index (Phi) is 4.28. The lowest BCUT2D eigenvalue weighted by atomic mass is 10.1. The molecule has 116 valence electrons. The Bertz CT molecular complexity index is 653. The summed E-state index contributed by atoms with van der Waals surface area (Å²) in [4.78, 5) is 22.5. The number of nitrogens with one attached hydrogen (secondary N) is 1. The number of amides is 1. The summed E-state index contributed by atoms with van der Waals surface area (Å²) < 4.78 is 30.5. The van der Waals surface area contributed by atoms with E-state index in [-0.39, 0.29) is 18.8 Å². The molecular formula is C11H15N3O6S. The Morgan fingerprint density at radius 2 is 2.33 bits per heavy atom. The number of piperazine rings is 1. The van der Waals surface area contributed by atoms with Gasteiger partial charge in [-0.1, -0.05) is 5.16 Å². The summed E-state index contributed by atoms with van der Waals surface area (Å²) in [6, 6.07) is 0.238. The maximum Gasteiger partial charge on any atom is 0.305 e. The minimum atomic E-state index is -3.86. The Labute approximate surface area is 120 Å². The molecule has 1 aromatic heterocycles. The average Bonchev–Trinajstić information content (AvgIpc) is 2.75. The quantitative estimate of drug-likeness (QED) is 0.718. The van der Waals surface area contributed by atoms with E-state index >= 15 is 0 Å². The number of aryl methyl sites for hydroxylation is 1. The lowest BCUT2D eigenvalue weighted by Crippen LogP contribution is -2.57. The lowest BCUT2D eigenvalue weighted by Gasteiger charge is -2.32. The van der Waals surface area contributed by atoms with Crippen LogP contribution in [0.25, 0.3) is 0 Å². The molecule has 0 spiro atoms. The van der Waals surface area contributed by atoms with Crippen LogP contribution in [0, 0.1) is 6.92 Å². The molecule has 2 heterocycles. The second-order valence-corrected chi connectivity index (χ2v) is 6.62. The second-order valence-electron chi connectivity index (χ2n) is 4.70. The van der Waals surface area contributed by atoms with Crippen LogP contribution in [-0.2, 0) is 25.4 Å². The van der Waals surface area contributed by atoms with Crippen LogP contribution in [0.1, 0.15) is 17.9 Å². The van der Waals surface area contributed by atoms with Crippen LogP contribution in [0.5, 0.6) is 0 Å². The van der Waals surface area contributed by atoms with Gasteiger partial charge in [0.25, 0.3) is 0 Å². The third kappa shape index (κ3) is 3.58. The highest BCUT2D eigenvalue weighted by molar-refractivity contribution is 7.88. The van der Waals surface area contributed by atoms with E-state index < -0.39 is 40.1 Å². The first-order valence-electron chi connectivity index (χ1n) is 6.21. The Hall–Kier alpha value is -1.94. The first-order valence-corrected chi connectivity index (χ1v) is 7.82. The predicted octanol–water partition coefficient (Wildman–Crippen LogP) is -0.912. The third-order valence-corrected chi connectivity index (χ3v) is 4.83. The zero-order valence-corrected chi connectivity index (χ0v) is 12.1. The van der Waals surface area contributed by atoms with Crippen molar-refractivity contribution in [1.29, 1.82) is 0 Å². The molecule has 1 aliphatic rings. The van der Waals surface area contributed by atoms with Gasteiger partial charge in [-0.3, -0.25) is 9.59 Å². The van der Waals surface area contributed by atoms with Gasteiger partial charge in [0.2, 0.25) is 15.9 Å². The topological polar surface area (TPSA) is 130 Å². The van der Waals surface area contributed by atoms with Crippen LogP contribution in [-0.4, -0.2) is 54.0 Å². The maximum atomic E-state index is 12.4. The van der Waals surface area contributed by atoms with Crippen molar-refractivity contribution in [2.45, 2.75) is 25.1 Å². The monoisotopic (exact) mass is 317 g/mol. The van der Waals surface area contributed by atoms with E-state index in [2.05, 4.69) is 10.5 Å². The van der Waals surface area contributed by atoms with Gasteiger partial charge in [0.05, 0.1) is 6.42 Å². The van der Waals surface area contributed by atoms with E-state index in [0.29, 0.717) is 5.76 Å². The Balaban J connectivity index is 2.22. The van der Waals surface area contributed by atoms with Gasteiger partial charge in [-0.25, -0.2) is 8.42 Å². The van der Waals surface area contributed by atoms with Crippen molar-refractivity contribution in [2.75, 3.05) is 13.1 Å². The van der Waals surface area contributed by atoms with Gasteiger partial charge < -0.3 is 14.9 Å². The highest BCUT2D eigenvalue weighted by Crippen LogP contribution is 2.18. The smallest absolute Gasteiger partial charge is 0.305 e. The van der Waals surface area contributed by atoms with Crippen LogP contribution in [0.3, 0.4) is 0 Å². The molecule has 0 bridgehead atoms. The molecule has 2 N–H and O–H groups in total. The predicted molar refractivity (Wildman–Crippen MR) is 69.6 cm³/mol. The zero-order valence-electron chi connectivity index (χ0n) is 11.3. The number of carboxylic acids is 1. The fourth-order valence-electron chi connectivity index (χ4n) is 2.14. The summed E-state index contributed by atoms with van der Waals surface area (Å²) >= 11 is 0. The van der Waals surface area contributed by atoms with Crippen molar-refractivity contribution in [3.05, 3.63) is 17.5 Å². The molecule has 0 aromatic carbocycles. The van der Waals surface area contributed by atoms with Crippen molar-refractivity contribution in [3.8, 4) is 0 Å². The number of carboxylic acid groups (broad SMARTS) is 1.